The van der Waals surface area contributed by atoms with E-state index in [0.717, 1.165) is 29.6 Å². The molecule has 1 saturated carbocycles. The van der Waals surface area contributed by atoms with E-state index in [1.54, 1.807) is 0 Å². The standard InChI is InChI=1S/C21H42/c1-6-9-12-18(5)20-14-11-15-21(20)19(13-10-7-2)16-17(4)8-3/h17-21H,6-16H2,1-5H3. The molecule has 0 aromatic heterocycles. The minimum Gasteiger partial charge on any atom is -0.0654 e. The average Bonchev–Trinajstić information content (AvgIpc) is 2.98. The first-order valence-electron chi connectivity index (χ1n) is 10.1. The van der Waals surface area contributed by atoms with Crippen LogP contribution >= 0.6 is 0 Å². The molecule has 0 nitrogen and oxygen atoms in total. The highest BCUT2D eigenvalue weighted by molar-refractivity contribution is 4.86. The molecule has 0 spiro atoms. The summed E-state index contributed by atoms with van der Waals surface area (Å²) < 4.78 is 0. The minimum absolute atomic E-state index is 0.930. The lowest BCUT2D eigenvalue weighted by Crippen LogP contribution is -2.25. The van der Waals surface area contributed by atoms with Gasteiger partial charge in [0.1, 0.15) is 0 Å². The third kappa shape index (κ3) is 6.33. The van der Waals surface area contributed by atoms with Crippen LogP contribution in [-0.4, -0.2) is 0 Å². The van der Waals surface area contributed by atoms with Crippen molar-refractivity contribution in [3.8, 4) is 0 Å². The molecule has 0 heteroatoms. The fourth-order valence-corrected chi connectivity index (χ4v) is 4.71. The lowest BCUT2D eigenvalue weighted by Gasteiger charge is -2.34. The summed E-state index contributed by atoms with van der Waals surface area (Å²) in [5.74, 6) is 5.02. The van der Waals surface area contributed by atoms with Crippen LogP contribution in [0.25, 0.3) is 0 Å². The fraction of sp³-hybridized carbons (Fsp3) is 1.00. The van der Waals surface area contributed by atoms with Gasteiger partial charge in [0, 0.05) is 0 Å². The number of rotatable bonds is 11. The van der Waals surface area contributed by atoms with Gasteiger partial charge in [-0.05, 0) is 48.9 Å². The molecule has 0 saturated heterocycles. The van der Waals surface area contributed by atoms with Gasteiger partial charge in [0.05, 0.1) is 0 Å². The summed E-state index contributed by atoms with van der Waals surface area (Å²) in [6, 6.07) is 0. The van der Waals surface area contributed by atoms with Gasteiger partial charge >= 0.3 is 0 Å². The second-order valence-electron chi connectivity index (χ2n) is 8.03. The third-order valence-corrected chi connectivity index (χ3v) is 6.30. The monoisotopic (exact) mass is 294 g/mol. The van der Waals surface area contributed by atoms with Crippen LogP contribution in [-0.2, 0) is 0 Å². The zero-order valence-electron chi connectivity index (χ0n) is 15.7. The van der Waals surface area contributed by atoms with Crippen molar-refractivity contribution in [2.24, 2.45) is 29.6 Å². The Bertz CT molecular complexity index is 244. The van der Waals surface area contributed by atoms with Crippen molar-refractivity contribution in [2.45, 2.75) is 105 Å². The number of hydrogen-bond donors (Lipinski definition) is 0. The second-order valence-corrected chi connectivity index (χ2v) is 8.03. The Balaban J connectivity index is 2.64. The van der Waals surface area contributed by atoms with E-state index in [9.17, 15) is 0 Å². The molecule has 1 aliphatic rings. The number of hydrogen-bond acceptors (Lipinski definition) is 0. The lowest BCUT2D eigenvalue weighted by atomic mass is 9.72. The van der Waals surface area contributed by atoms with E-state index in [2.05, 4.69) is 34.6 Å². The maximum Gasteiger partial charge on any atom is -0.0355 e. The van der Waals surface area contributed by atoms with Crippen LogP contribution in [0.2, 0.25) is 0 Å². The molecule has 1 aliphatic carbocycles. The van der Waals surface area contributed by atoms with Crippen molar-refractivity contribution in [1.29, 1.82) is 0 Å². The summed E-state index contributed by atoms with van der Waals surface area (Å²) in [5, 5.41) is 0. The van der Waals surface area contributed by atoms with Crippen molar-refractivity contribution >= 4 is 0 Å². The molecular formula is C21H42. The van der Waals surface area contributed by atoms with E-state index in [4.69, 9.17) is 0 Å². The third-order valence-electron chi connectivity index (χ3n) is 6.30. The van der Waals surface area contributed by atoms with Gasteiger partial charge in [0.25, 0.3) is 0 Å². The zero-order valence-corrected chi connectivity index (χ0v) is 15.7. The van der Waals surface area contributed by atoms with Gasteiger partial charge in [0.2, 0.25) is 0 Å². The Morgan fingerprint density at radius 2 is 1.48 bits per heavy atom. The van der Waals surface area contributed by atoms with Crippen LogP contribution in [0.3, 0.4) is 0 Å². The summed E-state index contributed by atoms with van der Waals surface area (Å²) in [5.41, 5.74) is 0. The van der Waals surface area contributed by atoms with Gasteiger partial charge in [-0.15, -0.1) is 0 Å². The summed E-state index contributed by atoms with van der Waals surface area (Å²) in [7, 11) is 0. The van der Waals surface area contributed by atoms with Gasteiger partial charge in [-0.3, -0.25) is 0 Å². The first kappa shape index (κ1) is 19.0. The van der Waals surface area contributed by atoms with E-state index in [1.807, 2.05) is 0 Å². The fourth-order valence-electron chi connectivity index (χ4n) is 4.71. The van der Waals surface area contributed by atoms with E-state index in [1.165, 1.54) is 70.6 Å². The predicted molar refractivity (Wildman–Crippen MR) is 96.6 cm³/mol. The van der Waals surface area contributed by atoms with Gasteiger partial charge < -0.3 is 0 Å². The van der Waals surface area contributed by atoms with Gasteiger partial charge in [-0.25, -0.2) is 0 Å². The molecular weight excluding hydrogens is 252 g/mol. The molecule has 0 bridgehead atoms. The molecule has 0 aromatic carbocycles. The topological polar surface area (TPSA) is 0 Å². The van der Waals surface area contributed by atoms with Crippen molar-refractivity contribution in [2.75, 3.05) is 0 Å². The highest BCUT2D eigenvalue weighted by Gasteiger charge is 2.36. The van der Waals surface area contributed by atoms with E-state index >= 15 is 0 Å². The van der Waals surface area contributed by atoms with Gasteiger partial charge in [-0.2, -0.15) is 0 Å². The average molecular weight is 295 g/mol. The van der Waals surface area contributed by atoms with Crippen LogP contribution < -0.4 is 0 Å². The van der Waals surface area contributed by atoms with E-state index in [0.29, 0.717) is 0 Å². The van der Waals surface area contributed by atoms with Crippen LogP contribution in [0.15, 0.2) is 0 Å². The molecule has 0 amide bonds. The summed E-state index contributed by atoms with van der Waals surface area (Å²) in [6.07, 6.45) is 16.0. The van der Waals surface area contributed by atoms with Crippen LogP contribution in [0.4, 0.5) is 0 Å². The molecule has 0 N–H and O–H groups in total. The summed E-state index contributed by atoms with van der Waals surface area (Å²) in [4.78, 5) is 0. The molecule has 21 heavy (non-hydrogen) atoms. The molecule has 0 radical (unpaired) electrons. The Morgan fingerprint density at radius 3 is 2.10 bits per heavy atom. The molecule has 0 heterocycles. The van der Waals surface area contributed by atoms with Crippen LogP contribution in [0.1, 0.15) is 105 Å². The Kier molecular flexibility index (Phi) is 9.69. The minimum atomic E-state index is 0.930. The Morgan fingerprint density at radius 1 is 0.857 bits per heavy atom. The van der Waals surface area contributed by atoms with Crippen molar-refractivity contribution in [3.05, 3.63) is 0 Å². The molecule has 1 rings (SSSR count). The first-order valence-corrected chi connectivity index (χ1v) is 10.1. The molecule has 5 atom stereocenters. The quantitative estimate of drug-likeness (QED) is 0.370. The zero-order chi connectivity index (χ0) is 15.7. The predicted octanol–water partition coefficient (Wildman–Crippen LogP) is 7.47. The van der Waals surface area contributed by atoms with Crippen molar-refractivity contribution < 1.29 is 0 Å². The van der Waals surface area contributed by atoms with Gasteiger partial charge in [0.15, 0.2) is 0 Å². The SMILES string of the molecule is CCCCC(C)C1CCCC1C(CCCC)CC(C)CC. The van der Waals surface area contributed by atoms with Gasteiger partial charge in [-0.1, -0.05) is 86.0 Å². The normalized spacial score (nSPS) is 26.7. The maximum absolute atomic E-state index is 2.55. The summed E-state index contributed by atoms with van der Waals surface area (Å²) >= 11 is 0. The largest absolute Gasteiger partial charge is 0.0654 e. The molecule has 1 fully saturated rings. The Hall–Kier alpha value is 0. The Labute approximate surface area is 135 Å². The van der Waals surface area contributed by atoms with Crippen LogP contribution in [0.5, 0.6) is 0 Å². The van der Waals surface area contributed by atoms with Crippen molar-refractivity contribution in [3.63, 3.8) is 0 Å². The highest BCUT2D eigenvalue weighted by Crippen LogP contribution is 2.46. The summed E-state index contributed by atoms with van der Waals surface area (Å²) in [6.45, 7) is 12.1. The molecule has 0 aromatic rings. The molecule has 126 valence electrons. The maximum atomic E-state index is 2.55. The van der Waals surface area contributed by atoms with E-state index in [-0.39, 0.29) is 0 Å². The van der Waals surface area contributed by atoms with Crippen LogP contribution in [0, 0.1) is 29.6 Å². The molecule has 5 unspecified atom stereocenters. The van der Waals surface area contributed by atoms with E-state index < -0.39 is 0 Å². The highest BCUT2D eigenvalue weighted by atomic mass is 14.4. The molecule has 0 aliphatic heterocycles. The lowest BCUT2D eigenvalue weighted by molar-refractivity contribution is 0.159. The smallest absolute Gasteiger partial charge is 0.0355 e. The number of unbranched alkanes of at least 4 members (excludes halogenated alkanes) is 2. The van der Waals surface area contributed by atoms with Crippen molar-refractivity contribution in [1.82, 2.24) is 0 Å². The second kappa shape index (κ2) is 10.7. The first-order chi connectivity index (χ1) is 10.1.